The molecule has 1 amide bonds. The van der Waals surface area contributed by atoms with E-state index in [1.807, 2.05) is 25.1 Å². The molecule has 0 aromatic heterocycles. The minimum Gasteiger partial charge on any atom is -0.355 e. The second kappa shape index (κ2) is 10.7. The number of likely N-dealkylation sites (N-methyl/N-ethyl adjacent to an activating group) is 1. The topological polar surface area (TPSA) is 35.6 Å². The Kier molecular flexibility index (Phi) is 8.64. The predicted molar refractivity (Wildman–Crippen MR) is 103 cm³/mol. The van der Waals surface area contributed by atoms with Crippen LogP contribution < -0.4 is 5.32 Å². The van der Waals surface area contributed by atoms with Crippen LogP contribution in [0, 0.1) is 0 Å². The zero-order chi connectivity index (χ0) is 17.2. The van der Waals surface area contributed by atoms with Gasteiger partial charge in [0.2, 0.25) is 5.91 Å². The third kappa shape index (κ3) is 6.83. The fourth-order valence-corrected chi connectivity index (χ4v) is 3.73. The maximum absolute atomic E-state index is 12.1. The van der Waals surface area contributed by atoms with Crippen molar-refractivity contribution in [3.63, 3.8) is 0 Å². The third-order valence-corrected chi connectivity index (χ3v) is 5.79. The van der Waals surface area contributed by atoms with E-state index < -0.39 is 0 Å². The van der Waals surface area contributed by atoms with E-state index in [1.54, 1.807) is 11.8 Å². The molecule has 2 rings (SSSR count). The summed E-state index contributed by atoms with van der Waals surface area (Å²) in [6.07, 6.45) is 1.04. The van der Waals surface area contributed by atoms with Gasteiger partial charge in [0.05, 0.1) is 5.25 Å². The monoisotopic (exact) mass is 349 g/mol. The summed E-state index contributed by atoms with van der Waals surface area (Å²) in [7, 11) is 0. The summed E-state index contributed by atoms with van der Waals surface area (Å²) in [5.41, 5.74) is 1.27. The molecule has 0 aliphatic carbocycles. The molecular formula is C19H31N3OS. The molecular weight excluding hydrogens is 318 g/mol. The van der Waals surface area contributed by atoms with Gasteiger partial charge >= 0.3 is 0 Å². The van der Waals surface area contributed by atoms with Gasteiger partial charge in [-0.1, -0.05) is 37.3 Å². The molecule has 1 unspecified atom stereocenters. The lowest BCUT2D eigenvalue weighted by Gasteiger charge is -2.34. The molecule has 1 heterocycles. The average molecular weight is 350 g/mol. The molecule has 1 atom stereocenters. The second-order valence-corrected chi connectivity index (χ2v) is 7.69. The molecule has 5 heteroatoms. The van der Waals surface area contributed by atoms with Crippen molar-refractivity contribution in [2.75, 3.05) is 45.8 Å². The second-order valence-electron chi connectivity index (χ2n) is 6.36. The van der Waals surface area contributed by atoms with Crippen molar-refractivity contribution in [3.8, 4) is 0 Å². The fraction of sp³-hybridized carbons (Fsp3) is 0.632. The van der Waals surface area contributed by atoms with Crippen LogP contribution in [-0.4, -0.2) is 66.8 Å². The van der Waals surface area contributed by atoms with E-state index in [0.29, 0.717) is 0 Å². The van der Waals surface area contributed by atoms with Gasteiger partial charge in [-0.2, -0.15) is 0 Å². The SMILES string of the molecule is CCN1CCN(CCCNC(=O)C(C)SCc2ccccc2)CC1. The van der Waals surface area contributed by atoms with E-state index >= 15 is 0 Å². The lowest BCUT2D eigenvalue weighted by molar-refractivity contribution is -0.120. The van der Waals surface area contributed by atoms with Crippen LogP contribution in [0.25, 0.3) is 0 Å². The van der Waals surface area contributed by atoms with Crippen LogP contribution in [0.3, 0.4) is 0 Å². The van der Waals surface area contributed by atoms with Crippen molar-refractivity contribution < 1.29 is 4.79 Å². The highest BCUT2D eigenvalue weighted by atomic mass is 32.2. The average Bonchev–Trinajstić information content (AvgIpc) is 2.64. The standard InChI is InChI=1S/C19H31N3OS/c1-3-21-12-14-22(15-13-21)11-7-10-20-19(23)17(2)24-16-18-8-5-4-6-9-18/h4-6,8-9,17H,3,7,10-16H2,1-2H3,(H,20,23). The maximum atomic E-state index is 12.1. The van der Waals surface area contributed by atoms with Gasteiger partial charge in [0, 0.05) is 38.5 Å². The molecule has 1 aliphatic rings. The summed E-state index contributed by atoms with van der Waals surface area (Å²) in [5, 5.41) is 3.08. The van der Waals surface area contributed by atoms with Crippen molar-refractivity contribution in [1.29, 1.82) is 0 Å². The lowest BCUT2D eigenvalue weighted by atomic mass is 10.2. The Morgan fingerprint density at radius 2 is 1.83 bits per heavy atom. The molecule has 0 spiro atoms. The summed E-state index contributed by atoms with van der Waals surface area (Å²) >= 11 is 1.70. The highest BCUT2D eigenvalue weighted by molar-refractivity contribution is 7.99. The van der Waals surface area contributed by atoms with Gasteiger partial charge in [0.1, 0.15) is 0 Å². The first kappa shape index (κ1) is 19.3. The Balaban J connectivity index is 1.54. The summed E-state index contributed by atoms with van der Waals surface area (Å²) < 4.78 is 0. The Labute approximate surface area is 151 Å². The predicted octanol–water partition coefficient (Wildman–Crippen LogP) is 2.45. The van der Waals surface area contributed by atoms with Crippen molar-refractivity contribution in [1.82, 2.24) is 15.1 Å². The number of benzene rings is 1. The summed E-state index contributed by atoms with van der Waals surface area (Å²) in [4.78, 5) is 17.1. The van der Waals surface area contributed by atoms with E-state index in [0.717, 1.165) is 44.9 Å². The number of hydrogen-bond acceptors (Lipinski definition) is 4. The maximum Gasteiger partial charge on any atom is 0.232 e. The number of carbonyl (C=O) groups excluding carboxylic acids is 1. The summed E-state index contributed by atoms with van der Waals surface area (Å²) in [5.74, 6) is 1.05. The molecule has 1 N–H and O–H groups in total. The Hall–Kier alpha value is -1.04. The van der Waals surface area contributed by atoms with Crippen molar-refractivity contribution >= 4 is 17.7 Å². The minimum atomic E-state index is -0.00157. The first-order chi connectivity index (χ1) is 11.7. The zero-order valence-electron chi connectivity index (χ0n) is 15.0. The summed E-state index contributed by atoms with van der Waals surface area (Å²) in [6.45, 7) is 11.9. The number of piperazine rings is 1. The number of amides is 1. The fourth-order valence-electron chi connectivity index (χ4n) is 2.86. The minimum absolute atomic E-state index is 0.00157. The number of nitrogens with one attached hydrogen (secondary N) is 1. The van der Waals surface area contributed by atoms with Crippen LogP contribution in [0.4, 0.5) is 0 Å². The van der Waals surface area contributed by atoms with Gasteiger partial charge in [-0.15, -0.1) is 11.8 Å². The molecule has 0 radical (unpaired) electrons. The highest BCUT2D eigenvalue weighted by Gasteiger charge is 2.15. The first-order valence-corrected chi connectivity index (χ1v) is 10.1. The Bertz CT molecular complexity index is 475. The van der Waals surface area contributed by atoms with Crippen molar-refractivity contribution in [3.05, 3.63) is 35.9 Å². The molecule has 4 nitrogen and oxygen atoms in total. The van der Waals surface area contributed by atoms with Crippen LogP contribution in [0.5, 0.6) is 0 Å². The summed E-state index contributed by atoms with van der Waals surface area (Å²) in [6, 6.07) is 10.3. The number of hydrogen-bond donors (Lipinski definition) is 1. The Morgan fingerprint density at radius 3 is 2.50 bits per heavy atom. The molecule has 24 heavy (non-hydrogen) atoms. The van der Waals surface area contributed by atoms with Crippen molar-refractivity contribution in [2.24, 2.45) is 0 Å². The quantitative estimate of drug-likeness (QED) is 0.695. The first-order valence-electron chi connectivity index (χ1n) is 9.07. The highest BCUT2D eigenvalue weighted by Crippen LogP contribution is 2.17. The molecule has 1 fully saturated rings. The van der Waals surface area contributed by atoms with Gasteiger partial charge in [-0.25, -0.2) is 0 Å². The van der Waals surface area contributed by atoms with E-state index in [9.17, 15) is 4.79 Å². The number of nitrogens with zero attached hydrogens (tertiary/aromatic N) is 2. The zero-order valence-corrected chi connectivity index (χ0v) is 15.9. The molecule has 0 bridgehead atoms. The largest absolute Gasteiger partial charge is 0.355 e. The normalized spacial score (nSPS) is 17.6. The van der Waals surface area contributed by atoms with Crippen LogP contribution in [0.2, 0.25) is 0 Å². The number of thioether (sulfide) groups is 1. The van der Waals surface area contributed by atoms with Gasteiger partial charge in [0.15, 0.2) is 0 Å². The molecule has 1 aliphatic heterocycles. The number of rotatable bonds is 9. The molecule has 1 aromatic carbocycles. The van der Waals surface area contributed by atoms with Crippen LogP contribution in [0.15, 0.2) is 30.3 Å². The van der Waals surface area contributed by atoms with E-state index in [-0.39, 0.29) is 11.2 Å². The van der Waals surface area contributed by atoms with E-state index in [2.05, 4.69) is 34.2 Å². The van der Waals surface area contributed by atoms with Crippen molar-refractivity contribution in [2.45, 2.75) is 31.3 Å². The Morgan fingerprint density at radius 1 is 1.17 bits per heavy atom. The lowest BCUT2D eigenvalue weighted by Crippen LogP contribution is -2.46. The van der Waals surface area contributed by atoms with Gasteiger partial charge in [-0.3, -0.25) is 4.79 Å². The molecule has 134 valence electrons. The molecule has 0 saturated carbocycles. The number of carbonyl (C=O) groups is 1. The van der Waals surface area contributed by atoms with E-state index in [4.69, 9.17) is 0 Å². The smallest absolute Gasteiger partial charge is 0.232 e. The molecule has 1 saturated heterocycles. The van der Waals surface area contributed by atoms with Crippen LogP contribution in [-0.2, 0) is 10.5 Å². The third-order valence-electron chi connectivity index (χ3n) is 4.57. The van der Waals surface area contributed by atoms with Crippen LogP contribution >= 0.6 is 11.8 Å². The van der Waals surface area contributed by atoms with Crippen LogP contribution in [0.1, 0.15) is 25.8 Å². The van der Waals surface area contributed by atoms with Gasteiger partial charge < -0.3 is 15.1 Å². The molecule has 1 aromatic rings. The van der Waals surface area contributed by atoms with Gasteiger partial charge in [-0.05, 0) is 32.0 Å². The van der Waals surface area contributed by atoms with Gasteiger partial charge in [0.25, 0.3) is 0 Å². The van der Waals surface area contributed by atoms with E-state index in [1.165, 1.54) is 18.7 Å².